The second-order valence-electron chi connectivity index (χ2n) is 9.44. The van der Waals surface area contributed by atoms with E-state index in [9.17, 15) is 9.18 Å². The standard InChI is InChI=1S/C28H27FN4O/c1-19(34)32-25(10-5-20-4-3-13-30-17-20)14-22-6-7-23-15-27-21(16-28(22,23)2)18-31-33(27)26-11-8-24(29)9-12-26/h3-4,8-9,11-13,15,17-18,22,25H,6-7,14,16H2,1-2H3,(H,32,34). The maximum absolute atomic E-state index is 13.4. The highest BCUT2D eigenvalue weighted by Gasteiger charge is 2.46. The molecule has 2 heterocycles. The Morgan fingerprint density at radius 3 is 2.85 bits per heavy atom. The van der Waals surface area contributed by atoms with Crippen molar-refractivity contribution < 1.29 is 9.18 Å². The van der Waals surface area contributed by atoms with Gasteiger partial charge in [-0.3, -0.25) is 9.78 Å². The SMILES string of the molecule is CC(=O)NC(C#Cc1cccnc1)CC1CCC2=Cc3c(cnn3-c3ccc(F)cc3)CC21C. The van der Waals surface area contributed by atoms with Gasteiger partial charge in [-0.15, -0.1) is 0 Å². The Labute approximate surface area is 199 Å². The first kappa shape index (κ1) is 22.1. The minimum absolute atomic E-state index is 0.00361. The second-order valence-corrected chi connectivity index (χ2v) is 9.44. The Morgan fingerprint density at radius 1 is 1.29 bits per heavy atom. The molecular formula is C28H27FN4O. The predicted molar refractivity (Wildman–Crippen MR) is 129 cm³/mol. The summed E-state index contributed by atoms with van der Waals surface area (Å²) in [6.07, 6.45) is 11.4. The molecule has 172 valence electrons. The van der Waals surface area contributed by atoms with Crippen molar-refractivity contribution in [2.75, 3.05) is 0 Å². The molecule has 0 spiro atoms. The molecule has 1 N–H and O–H groups in total. The number of rotatable bonds is 4. The average molecular weight is 455 g/mol. The van der Waals surface area contributed by atoms with Crippen LogP contribution in [0.2, 0.25) is 0 Å². The monoisotopic (exact) mass is 454 g/mol. The molecule has 5 rings (SSSR count). The van der Waals surface area contributed by atoms with Crippen molar-refractivity contribution in [1.82, 2.24) is 20.1 Å². The van der Waals surface area contributed by atoms with Crippen molar-refractivity contribution >= 4 is 12.0 Å². The number of allylic oxidation sites excluding steroid dienone is 1. The van der Waals surface area contributed by atoms with Gasteiger partial charge in [0.15, 0.2) is 0 Å². The number of pyridine rings is 1. The third-order valence-corrected chi connectivity index (χ3v) is 7.17. The lowest BCUT2D eigenvalue weighted by Gasteiger charge is -2.37. The molecule has 2 aromatic heterocycles. The van der Waals surface area contributed by atoms with E-state index in [1.165, 1.54) is 30.2 Å². The summed E-state index contributed by atoms with van der Waals surface area (Å²) in [5.74, 6) is 6.50. The van der Waals surface area contributed by atoms with Gasteiger partial charge in [0.05, 0.1) is 23.6 Å². The molecule has 1 aromatic carbocycles. The van der Waals surface area contributed by atoms with Crippen LogP contribution in [0.5, 0.6) is 0 Å². The number of amides is 1. The maximum atomic E-state index is 13.4. The topological polar surface area (TPSA) is 59.8 Å². The summed E-state index contributed by atoms with van der Waals surface area (Å²) in [7, 11) is 0. The highest BCUT2D eigenvalue weighted by Crippen LogP contribution is 2.54. The highest BCUT2D eigenvalue weighted by molar-refractivity contribution is 5.73. The summed E-state index contributed by atoms with van der Waals surface area (Å²) < 4.78 is 15.3. The summed E-state index contributed by atoms with van der Waals surface area (Å²) >= 11 is 0. The number of carbonyl (C=O) groups is 1. The fourth-order valence-corrected chi connectivity index (χ4v) is 5.39. The zero-order valence-corrected chi connectivity index (χ0v) is 19.4. The van der Waals surface area contributed by atoms with Crippen LogP contribution < -0.4 is 5.32 Å². The van der Waals surface area contributed by atoms with Gasteiger partial charge >= 0.3 is 0 Å². The number of hydrogen-bond acceptors (Lipinski definition) is 3. The summed E-state index contributed by atoms with van der Waals surface area (Å²) in [6, 6.07) is 9.99. The zero-order chi connectivity index (χ0) is 23.7. The van der Waals surface area contributed by atoms with Gasteiger partial charge in [-0.25, -0.2) is 9.07 Å². The number of carbonyl (C=O) groups excluding carboxylic acids is 1. The van der Waals surface area contributed by atoms with Gasteiger partial charge in [0, 0.05) is 24.9 Å². The maximum Gasteiger partial charge on any atom is 0.217 e. The number of benzene rings is 1. The second kappa shape index (κ2) is 8.90. The van der Waals surface area contributed by atoms with Crippen molar-refractivity contribution in [2.45, 2.75) is 45.6 Å². The minimum Gasteiger partial charge on any atom is -0.343 e. The van der Waals surface area contributed by atoms with Crippen LogP contribution in [0.25, 0.3) is 11.8 Å². The van der Waals surface area contributed by atoms with Crippen LogP contribution >= 0.6 is 0 Å². The number of hydrogen-bond donors (Lipinski definition) is 1. The van der Waals surface area contributed by atoms with E-state index in [1.807, 2.05) is 23.0 Å². The van der Waals surface area contributed by atoms with E-state index in [1.54, 1.807) is 24.5 Å². The van der Waals surface area contributed by atoms with Crippen LogP contribution in [0, 0.1) is 29.0 Å². The van der Waals surface area contributed by atoms with Crippen LogP contribution in [0.1, 0.15) is 49.9 Å². The van der Waals surface area contributed by atoms with E-state index < -0.39 is 0 Å². The molecule has 0 aliphatic heterocycles. The minimum atomic E-state index is -0.255. The van der Waals surface area contributed by atoms with Crippen LogP contribution in [-0.4, -0.2) is 26.7 Å². The lowest BCUT2D eigenvalue weighted by Crippen LogP contribution is -2.37. The molecule has 3 atom stereocenters. The largest absolute Gasteiger partial charge is 0.343 e. The molecule has 6 heteroatoms. The normalized spacial score (nSPS) is 21.5. The predicted octanol–water partition coefficient (Wildman–Crippen LogP) is 4.71. The molecule has 1 saturated carbocycles. The Bertz CT molecular complexity index is 1300. The highest BCUT2D eigenvalue weighted by atomic mass is 19.1. The third kappa shape index (κ3) is 4.26. The van der Waals surface area contributed by atoms with Gasteiger partial charge in [-0.05, 0) is 85.1 Å². The van der Waals surface area contributed by atoms with Crippen LogP contribution in [-0.2, 0) is 11.2 Å². The van der Waals surface area contributed by atoms with E-state index in [0.29, 0.717) is 5.92 Å². The summed E-state index contributed by atoms with van der Waals surface area (Å²) in [5, 5.41) is 7.65. The van der Waals surface area contributed by atoms with Crippen LogP contribution in [0.15, 0.2) is 60.6 Å². The lowest BCUT2D eigenvalue weighted by molar-refractivity contribution is -0.119. The number of aromatic nitrogens is 3. The summed E-state index contributed by atoms with van der Waals surface area (Å²) in [6.45, 7) is 3.87. The first-order valence-corrected chi connectivity index (χ1v) is 11.6. The number of nitrogens with one attached hydrogen (secondary N) is 1. The van der Waals surface area contributed by atoms with Crippen molar-refractivity contribution in [3.05, 3.63) is 83.2 Å². The molecule has 34 heavy (non-hydrogen) atoms. The van der Waals surface area contributed by atoms with E-state index in [-0.39, 0.29) is 23.2 Å². The summed E-state index contributed by atoms with van der Waals surface area (Å²) in [5.41, 5.74) is 5.38. The molecule has 5 nitrogen and oxygen atoms in total. The molecule has 2 aliphatic rings. The Hall–Kier alpha value is -3.72. The zero-order valence-electron chi connectivity index (χ0n) is 19.4. The number of halogens is 1. The van der Waals surface area contributed by atoms with E-state index in [4.69, 9.17) is 0 Å². The van der Waals surface area contributed by atoms with Crippen molar-refractivity contribution in [3.8, 4) is 17.5 Å². The molecule has 0 bridgehead atoms. The van der Waals surface area contributed by atoms with Crippen molar-refractivity contribution in [1.29, 1.82) is 0 Å². The van der Waals surface area contributed by atoms with Gasteiger partial charge in [0.1, 0.15) is 5.82 Å². The van der Waals surface area contributed by atoms with Gasteiger partial charge in [-0.1, -0.05) is 24.3 Å². The molecule has 3 unspecified atom stereocenters. The van der Waals surface area contributed by atoms with Crippen molar-refractivity contribution in [3.63, 3.8) is 0 Å². The third-order valence-electron chi connectivity index (χ3n) is 7.17. The first-order valence-electron chi connectivity index (χ1n) is 11.6. The number of fused-ring (bicyclic) bond motifs is 2. The number of nitrogens with zero attached hydrogens (tertiary/aromatic N) is 3. The molecule has 1 amide bonds. The fraction of sp³-hybridized carbons (Fsp3) is 0.321. The molecule has 1 fully saturated rings. The first-order chi connectivity index (χ1) is 16.4. The molecule has 0 saturated heterocycles. The van der Waals surface area contributed by atoms with Crippen molar-refractivity contribution in [2.24, 2.45) is 11.3 Å². The van der Waals surface area contributed by atoms with Crippen LogP contribution in [0.3, 0.4) is 0 Å². The molecular weight excluding hydrogens is 427 g/mol. The van der Waals surface area contributed by atoms with Crippen LogP contribution in [0.4, 0.5) is 4.39 Å². The van der Waals surface area contributed by atoms with E-state index in [0.717, 1.165) is 42.6 Å². The quantitative estimate of drug-likeness (QED) is 0.581. The molecule has 0 radical (unpaired) electrons. The summed E-state index contributed by atoms with van der Waals surface area (Å²) in [4.78, 5) is 16.0. The fourth-order valence-electron chi connectivity index (χ4n) is 5.39. The molecule has 2 aliphatic carbocycles. The van der Waals surface area contributed by atoms with E-state index >= 15 is 0 Å². The lowest BCUT2D eigenvalue weighted by atomic mass is 9.68. The average Bonchev–Trinajstić information content (AvgIpc) is 3.36. The van der Waals surface area contributed by atoms with Gasteiger partial charge < -0.3 is 5.32 Å². The Kier molecular flexibility index (Phi) is 5.79. The Morgan fingerprint density at radius 2 is 2.12 bits per heavy atom. The van der Waals surface area contributed by atoms with Gasteiger partial charge in [0.25, 0.3) is 0 Å². The van der Waals surface area contributed by atoms with Gasteiger partial charge in [-0.2, -0.15) is 5.10 Å². The Balaban J connectivity index is 1.40. The molecule has 3 aromatic rings. The van der Waals surface area contributed by atoms with E-state index in [2.05, 4.69) is 40.2 Å². The smallest absolute Gasteiger partial charge is 0.217 e. The van der Waals surface area contributed by atoms with Gasteiger partial charge in [0.2, 0.25) is 5.91 Å².